The van der Waals surface area contributed by atoms with Crippen LogP contribution in [0.1, 0.15) is 37.2 Å². The van der Waals surface area contributed by atoms with Gasteiger partial charge in [0.25, 0.3) is 5.91 Å². The molecule has 0 aliphatic heterocycles. The Labute approximate surface area is 88.6 Å². The Kier molecular flexibility index (Phi) is 2.46. The molecule has 5 heteroatoms. The number of nitrogens with zero attached hydrogens (tertiary/aromatic N) is 2. The summed E-state index contributed by atoms with van der Waals surface area (Å²) < 4.78 is 0. The fraction of sp³-hybridized carbons (Fsp3) is 0.700. The zero-order valence-corrected chi connectivity index (χ0v) is 9.08. The molecule has 15 heavy (non-hydrogen) atoms. The maximum atomic E-state index is 11.6. The van der Waals surface area contributed by atoms with E-state index < -0.39 is 0 Å². The zero-order chi connectivity index (χ0) is 10.9. The molecule has 0 unspecified atom stereocenters. The molecule has 0 aromatic carbocycles. The molecule has 82 valence electrons. The van der Waals surface area contributed by atoms with Gasteiger partial charge in [0.2, 0.25) is 0 Å². The maximum absolute atomic E-state index is 11.6. The quantitative estimate of drug-likeness (QED) is 0.774. The van der Waals surface area contributed by atoms with Crippen molar-refractivity contribution in [3.05, 3.63) is 11.9 Å². The molecule has 1 amide bonds. The first-order valence-corrected chi connectivity index (χ1v) is 5.28. The van der Waals surface area contributed by atoms with Crippen LogP contribution in [0.4, 0.5) is 0 Å². The van der Waals surface area contributed by atoms with Gasteiger partial charge in [-0.05, 0) is 24.2 Å². The van der Waals surface area contributed by atoms with Crippen molar-refractivity contribution < 1.29 is 4.79 Å². The lowest BCUT2D eigenvalue weighted by molar-refractivity contribution is 0.0934. The van der Waals surface area contributed by atoms with E-state index in [-0.39, 0.29) is 5.91 Å². The molecule has 2 rings (SSSR count). The summed E-state index contributed by atoms with van der Waals surface area (Å²) in [5.74, 6) is 0.478. The number of hydrogen-bond donors (Lipinski definition) is 2. The Morgan fingerprint density at radius 2 is 2.40 bits per heavy atom. The molecule has 0 bridgehead atoms. The van der Waals surface area contributed by atoms with Gasteiger partial charge in [-0.25, -0.2) is 0 Å². The summed E-state index contributed by atoms with van der Waals surface area (Å²) in [6.45, 7) is 5.15. The Morgan fingerprint density at radius 3 is 2.87 bits per heavy atom. The van der Waals surface area contributed by atoms with E-state index in [0.717, 1.165) is 6.54 Å². The number of nitrogens with one attached hydrogen (secondary N) is 2. The summed E-state index contributed by atoms with van der Waals surface area (Å²) in [4.78, 5) is 11.6. The molecule has 1 heterocycles. The van der Waals surface area contributed by atoms with Gasteiger partial charge in [0.1, 0.15) is 0 Å². The number of hydrogen-bond acceptors (Lipinski definition) is 3. The van der Waals surface area contributed by atoms with Crippen molar-refractivity contribution in [1.82, 2.24) is 20.7 Å². The Morgan fingerprint density at radius 1 is 1.67 bits per heavy atom. The molecule has 1 aromatic rings. The van der Waals surface area contributed by atoms with Gasteiger partial charge in [-0.1, -0.05) is 13.8 Å². The highest BCUT2D eigenvalue weighted by atomic mass is 16.2. The van der Waals surface area contributed by atoms with E-state index in [1.807, 2.05) is 0 Å². The fourth-order valence-electron chi connectivity index (χ4n) is 1.78. The van der Waals surface area contributed by atoms with Crippen molar-refractivity contribution in [2.45, 2.75) is 26.7 Å². The summed E-state index contributed by atoms with van der Waals surface area (Å²) in [6, 6.07) is 0. The molecule has 0 saturated heterocycles. The van der Waals surface area contributed by atoms with Crippen molar-refractivity contribution in [2.75, 3.05) is 6.54 Å². The van der Waals surface area contributed by atoms with Crippen molar-refractivity contribution in [3.63, 3.8) is 0 Å². The van der Waals surface area contributed by atoms with Gasteiger partial charge in [-0.2, -0.15) is 15.4 Å². The normalized spacial score (nSPS) is 17.8. The predicted molar refractivity (Wildman–Crippen MR) is 55.2 cm³/mol. The van der Waals surface area contributed by atoms with E-state index in [1.165, 1.54) is 19.0 Å². The minimum Gasteiger partial charge on any atom is -0.350 e. The number of H-pyrrole nitrogens is 1. The first-order chi connectivity index (χ1) is 7.14. The second-order valence-corrected chi connectivity index (χ2v) is 4.55. The minimum absolute atomic E-state index is 0.143. The van der Waals surface area contributed by atoms with E-state index in [9.17, 15) is 4.79 Å². The molecule has 1 aliphatic carbocycles. The van der Waals surface area contributed by atoms with E-state index >= 15 is 0 Å². The molecule has 1 fully saturated rings. The van der Waals surface area contributed by atoms with Crippen molar-refractivity contribution in [3.8, 4) is 0 Å². The zero-order valence-electron chi connectivity index (χ0n) is 9.08. The van der Waals surface area contributed by atoms with Gasteiger partial charge >= 0.3 is 0 Å². The summed E-state index contributed by atoms with van der Waals surface area (Å²) in [7, 11) is 0. The highest BCUT2D eigenvalue weighted by Gasteiger charge is 2.45. The van der Waals surface area contributed by atoms with Gasteiger partial charge in [-0.15, -0.1) is 0 Å². The summed E-state index contributed by atoms with van der Waals surface area (Å²) in [6.07, 6.45) is 3.86. The first kappa shape index (κ1) is 10.1. The van der Waals surface area contributed by atoms with Crippen LogP contribution in [-0.2, 0) is 0 Å². The van der Waals surface area contributed by atoms with E-state index in [0.29, 0.717) is 17.0 Å². The van der Waals surface area contributed by atoms with Crippen LogP contribution >= 0.6 is 0 Å². The molecule has 1 saturated carbocycles. The summed E-state index contributed by atoms with van der Waals surface area (Å²) in [5.41, 5.74) is 0.689. The average molecular weight is 208 g/mol. The molecule has 1 aromatic heterocycles. The average Bonchev–Trinajstić information content (AvgIpc) is 2.80. The van der Waals surface area contributed by atoms with Crippen molar-refractivity contribution in [1.29, 1.82) is 0 Å². The van der Waals surface area contributed by atoms with Gasteiger partial charge in [-0.3, -0.25) is 4.79 Å². The smallest absolute Gasteiger partial charge is 0.273 e. The summed E-state index contributed by atoms with van der Waals surface area (Å²) in [5, 5.41) is 12.7. The maximum Gasteiger partial charge on any atom is 0.273 e. The Bertz CT molecular complexity index is 340. The van der Waals surface area contributed by atoms with Gasteiger partial charge in [0.05, 0.1) is 6.20 Å². The summed E-state index contributed by atoms with van der Waals surface area (Å²) >= 11 is 0. The van der Waals surface area contributed by atoms with E-state index in [1.54, 1.807) is 0 Å². The van der Waals surface area contributed by atoms with Crippen LogP contribution < -0.4 is 5.32 Å². The van der Waals surface area contributed by atoms with Crippen LogP contribution in [0.15, 0.2) is 6.20 Å². The number of amides is 1. The predicted octanol–water partition coefficient (Wildman–Crippen LogP) is 0.971. The molecular weight excluding hydrogens is 192 g/mol. The van der Waals surface area contributed by atoms with E-state index in [4.69, 9.17) is 0 Å². The van der Waals surface area contributed by atoms with Crippen LogP contribution in [0, 0.1) is 11.3 Å². The van der Waals surface area contributed by atoms with E-state index in [2.05, 4.69) is 34.6 Å². The Hall–Kier alpha value is -1.39. The molecule has 0 atom stereocenters. The van der Waals surface area contributed by atoms with Gasteiger partial charge in [0, 0.05) is 6.54 Å². The Balaban J connectivity index is 1.87. The first-order valence-electron chi connectivity index (χ1n) is 5.28. The largest absolute Gasteiger partial charge is 0.350 e. The number of aromatic nitrogens is 3. The van der Waals surface area contributed by atoms with Gasteiger partial charge in [0.15, 0.2) is 5.69 Å². The SMILES string of the molecule is CC(C)C1(CNC(=O)c2cn[nH]n2)CC1. The molecule has 5 nitrogen and oxygen atoms in total. The number of aromatic amines is 1. The standard InChI is InChI=1S/C10H16N4O/c1-7(2)10(3-4-10)6-11-9(15)8-5-12-14-13-8/h5,7H,3-4,6H2,1-2H3,(H,11,15)(H,12,13,14). The molecule has 1 aliphatic rings. The van der Waals surface area contributed by atoms with Gasteiger partial charge < -0.3 is 5.32 Å². The molecular formula is C10H16N4O. The van der Waals surface area contributed by atoms with Crippen LogP contribution in [0.2, 0.25) is 0 Å². The van der Waals surface area contributed by atoms with Crippen LogP contribution in [-0.4, -0.2) is 27.9 Å². The molecule has 0 spiro atoms. The second-order valence-electron chi connectivity index (χ2n) is 4.55. The second kappa shape index (κ2) is 3.64. The molecule has 0 radical (unpaired) electrons. The topological polar surface area (TPSA) is 70.7 Å². The third-order valence-electron chi connectivity index (χ3n) is 3.37. The number of carbonyl (C=O) groups excluding carboxylic acids is 1. The van der Waals surface area contributed by atoms with Crippen molar-refractivity contribution in [2.24, 2.45) is 11.3 Å². The van der Waals surface area contributed by atoms with Crippen molar-refractivity contribution >= 4 is 5.91 Å². The lowest BCUT2D eigenvalue weighted by Crippen LogP contribution is -2.32. The minimum atomic E-state index is -0.143. The monoisotopic (exact) mass is 208 g/mol. The fourth-order valence-corrected chi connectivity index (χ4v) is 1.78. The number of rotatable bonds is 4. The third kappa shape index (κ3) is 2.00. The lowest BCUT2D eigenvalue weighted by atomic mass is 9.92. The third-order valence-corrected chi connectivity index (χ3v) is 3.37. The number of carbonyl (C=O) groups is 1. The van der Waals surface area contributed by atoms with Crippen LogP contribution in [0.25, 0.3) is 0 Å². The lowest BCUT2D eigenvalue weighted by Gasteiger charge is -2.19. The van der Waals surface area contributed by atoms with Crippen LogP contribution in [0.5, 0.6) is 0 Å². The highest BCUT2D eigenvalue weighted by molar-refractivity contribution is 5.91. The highest BCUT2D eigenvalue weighted by Crippen LogP contribution is 2.51. The molecule has 2 N–H and O–H groups in total. The van der Waals surface area contributed by atoms with Crippen LogP contribution in [0.3, 0.4) is 0 Å².